The third kappa shape index (κ3) is 2.24. The maximum absolute atomic E-state index is 11.2. The van der Waals surface area contributed by atoms with Crippen molar-refractivity contribution < 1.29 is 9.72 Å². The lowest BCUT2D eigenvalue weighted by molar-refractivity contribution is -0.445. The average molecular weight is 291 g/mol. The monoisotopic (exact) mass is 291 g/mol. The number of nitrogens with zero attached hydrogens (tertiary/aromatic N) is 1. The fourth-order valence-electron chi connectivity index (χ4n) is 2.86. The van der Waals surface area contributed by atoms with E-state index in [-0.39, 0.29) is 0 Å². The lowest BCUT2D eigenvalue weighted by Crippen LogP contribution is -1.87. The average Bonchev–Trinajstić information content (AvgIpc) is 2.52. The summed E-state index contributed by atoms with van der Waals surface area (Å²) in [5.41, 5.74) is 0.765. The van der Waals surface area contributed by atoms with Crippen LogP contribution in [0.15, 0.2) is 54.6 Å². The van der Waals surface area contributed by atoms with Gasteiger partial charge in [-0.15, -0.1) is 0 Å². The van der Waals surface area contributed by atoms with Crippen LogP contribution in [-0.4, -0.2) is 18.3 Å². The SMILES string of the molecule is C[N+](=O)[O-].O=Cc1ccc2ccc3cccc4ccc1c2c34. The van der Waals surface area contributed by atoms with Crippen LogP contribution in [0.3, 0.4) is 0 Å². The van der Waals surface area contributed by atoms with Crippen LogP contribution in [0.5, 0.6) is 0 Å². The van der Waals surface area contributed by atoms with Crippen LogP contribution in [0, 0.1) is 10.1 Å². The Balaban J connectivity index is 0.000000325. The zero-order valence-corrected chi connectivity index (χ0v) is 11.9. The minimum Gasteiger partial charge on any atom is -0.298 e. The molecule has 0 saturated carbocycles. The minimum absolute atomic E-state index is 0.500. The Morgan fingerprint density at radius 3 is 1.95 bits per heavy atom. The fraction of sp³-hybridized carbons (Fsp3) is 0.0556. The summed E-state index contributed by atoms with van der Waals surface area (Å²) < 4.78 is 0. The molecule has 0 aliphatic carbocycles. The second kappa shape index (κ2) is 5.41. The summed E-state index contributed by atoms with van der Waals surface area (Å²) in [5.74, 6) is 0. The van der Waals surface area contributed by atoms with Gasteiger partial charge in [-0.25, -0.2) is 0 Å². The Labute approximate surface area is 126 Å². The van der Waals surface area contributed by atoms with E-state index in [9.17, 15) is 4.79 Å². The number of carbonyl (C=O) groups excluding carboxylic acids is 1. The molecule has 0 aromatic heterocycles. The molecule has 0 bridgehead atoms. The van der Waals surface area contributed by atoms with E-state index >= 15 is 0 Å². The molecule has 0 saturated heterocycles. The molecule has 0 spiro atoms. The van der Waals surface area contributed by atoms with Gasteiger partial charge in [-0.2, -0.15) is 0 Å². The van der Waals surface area contributed by atoms with Crippen molar-refractivity contribution in [2.45, 2.75) is 0 Å². The number of nitro groups is 1. The van der Waals surface area contributed by atoms with Gasteiger partial charge in [-0.3, -0.25) is 14.9 Å². The molecule has 0 radical (unpaired) electrons. The highest BCUT2D eigenvalue weighted by Crippen LogP contribution is 2.35. The van der Waals surface area contributed by atoms with Crippen molar-refractivity contribution in [2.75, 3.05) is 7.05 Å². The van der Waals surface area contributed by atoms with E-state index in [0.717, 1.165) is 24.3 Å². The predicted molar refractivity (Wildman–Crippen MR) is 88.5 cm³/mol. The van der Waals surface area contributed by atoms with Crippen molar-refractivity contribution in [3.05, 3.63) is 70.3 Å². The second-order valence-corrected chi connectivity index (χ2v) is 5.07. The molecule has 4 aromatic rings. The van der Waals surface area contributed by atoms with E-state index in [2.05, 4.69) is 36.4 Å². The Bertz CT molecular complexity index is 972. The van der Waals surface area contributed by atoms with E-state index in [1.807, 2.05) is 18.2 Å². The highest BCUT2D eigenvalue weighted by atomic mass is 16.6. The Hall–Kier alpha value is -3.01. The molecule has 4 rings (SSSR count). The first-order valence-electron chi connectivity index (χ1n) is 6.81. The predicted octanol–water partition coefficient (Wildman–Crippen LogP) is 4.29. The molecule has 0 N–H and O–H groups in total. The van der Waals surface area contributed by atoms with E-state index in [1.54, 1.807) is 0 Å². The molecule has 0 heterocycles. The Morgan fingerprint density at radius 1 is 0.864 bits per heavy atom. The van der Waals surface area contributed by atoms with Crippen molar-refractivity contribution in [3.8, 4) is 0 Å². The summed E-state index contributed by atoms with van der Waals surface area (Å²) in [6, 6.07) is 18.6. The maximum Gasteiger partial charge on any atom is 0.194 e. The van der Waals surface area contributed by atoms with Crippen molar-refractivity contribution in [1.29, 1.82) is 0 Å². The summed E-state index contributed by atoms with van der Waals surface area (Å²) in [4.78, 5) is 19.5. The molecular formula is C18H13NO3. The number of carbonyl (C=O) groups is 1. The standard InChI is InChI=1S/C17H10O.CH3NO2/c18-10-14-7-6-13-5-4-11-2-1-3-12-8-9-15(14)17(13)16(11)12;1-2(3)4/h1-10H;1H3. The number of hydrogen-bond acceptors (Lipinski definition) is 3. The first kappa shape index (κ1) is 13.9. The van der Waals surface area contributed by atoms with Gasteiger partial charge < -0.3 is 0 Å². The summed E-state index contributed by atoms with van der Waals surface area (Å²) in [6.45, 7) is 0. The molecule has 0 aliphatic heterocycles. The quantitative estimate of drug-likeness (QED) is 0.227. The summed E-state index contributed by atoms with van der Waals surface area (Å²) >= 11 is 0. The van der Waals surface area contributed by atoms with Gasteiger partial charge in [0.2, 0.25) is 0 Å². The van der Waals surface area contributed by atoms with Gasteiger partial charge in [0.05, 0.1) is 0 Å². The molecule has 0 fully saturated rings. The Kier molecular flexibility index (Phi) is 3.43. The first-order valence-corrected chi connectivity index (χ1v) is 6.81. The fourth-order valence-corrected chi connectivity index (χ4v) is 2.86. The highest BCUT2D eigenvalue weighted by Gasteiger charge is 2.09. The summed E-state index contributed by atoms with van der Waals surface area (Å²) in [6.07, 6.45) is 0.936. The van der Waals surface area contributed by atoms with Crippen LogP contribution in [0.2, 0.25) is 0 Å². The van der Waals surface area contributed by atoms with Gasteiger partial charge in [0, 0.05) is 10.5 Å². The zero-order valence-electron chi connectivity index (χ0n) is 11.9. The van der Waals surface area contributed by atoms with E-state index in [1.165, 1.54) is 26.9 Å². The minimum atomic E-state index is -0.500. The van der Waals surface area contributed by atoms with Gasteiger partial charge in [-0.1, -0.05) is 54.6 Å². The molecule has 108 valence electrons. The van der Waals surface area contributed by atoms with E-state index < -0.39 is 4.92 Å². The van der Waals surface area contributed by atoms with Crippen molar-refractivity contribution in [2.24, 2.45) is 0 Å². The van der Waals surface area contributed by atoms with Crippen LogP contribution < -0.4 is 0 Å². The topological polar surface area (TPSA) is 60.2 Å². The molecular weight excluding hydrogens is 278 g/mol. The van der Waals surface area contributed by atoms with Crippen LogP contribution in [0.25, 0.3) is 32.3 Å². The molecule has 4 nitrogen and oxygen atoms in total. The van der Waals surface area contributed by atoms with E-state index in [0.29, 0.717) is 0 Å². The number of benzene rings is 4. The number of hydrogen-bond donors (Lipinski definition) is 0. The zero-order chi connectivity index (χ0) is 15.7. The second-order valence-electron chi connectivity index (χ2n) is 5.07. The smallest absolute Gasteiger partial charge is 0.194 e. The third-order valence-corrected chi connectivity index (χ3v) is 3.69. The van der Waals surface area contributed by atoms with Gasteiger partial charge >= 0.3 is 0 Å². The molecule has 4 heteroatoms. The Morgan fingerprint density at radius 2 is 1.36 bits per heavy atom. The van der Waals surface area contributed by atoms with Gasteiger partial charge in [0.15, 0.2) is 13.3 Å². The highest BCUT2D eigenvalue weighted by molar-refractivity contribution is 6.25. The van der Waals surface area contributed by atoms with Crippen molar-refractivity contribution in [3.63, 3.8) is 0 Å². The van der Waals surface area contributed by atoms with Gasteiger partial charge in [-0.05, 0) is 32.3 Å². The third-order valence-electron chi connectivity index (χ3n) is 3.69. The maximum atomic E-state index is 11.2. The number of rotatable bonds is 1. The van der Waals surface area contributed by atoms with Crippen LogP contribution in [-0.2, 0) is 0 Å². The summed E-state index contributed by atoms with van der Waals surface area (Å²) in [7, 11) is 0.889. The molecule has 0 aliphatic rings. The van der Waals surface area contributed by atoms with Crippen LogP contribution >= 0.6 is 0 Å². The van der Waals surface area contributed by atoms with Gasteiger partial charge in [0.25, 0.3) is 0 Å². The number of aldehydes is 1. The van der Waals surface area contributed by atoms with Gasteiger partial charge in [0.1, 0.15) is 0 Å². The lowest BCUT2D eigenvalue weighted by Gasteiger charge is -2.11. The van der Waals surface area contributed by atoms with Crippen molar-refractivity contribution in [1.82, 2.24) is 0 Å². The summed E-state index contributed by atoms with van der Waals surface area (Å²) in [5, 5.41) is 16.0. The molecule has 0 unspecified atom stereocenters. The normalized spacial score (nSPS) is 10.6. The van der Waals surface area contributed by atoms with Crippen LogP contribution in [0.1, 0.15) is 10.4 Å². The lowest BCUT2D eigenvalue weighted by atomic mass is 9.92. The molecule has 0 atom stereocenters. The molecule has 22 heavy (non-hydrogen) atoms. The first-order chi connectivity index (χ1) is 10.6. The largest absolute Gasteiger partial charge is 0.298 e. The molecule has 4 aromatic carbocycles. The van der Waals surface area contributed by atoms with E-state index in [4.69, 9.17) is 10.1 Å². The van der Waals surface area contributed by atoms with Crippen molar-refractivity contribution >= 4 is 38.6 Å². The van der Waals surface area contributed by atoms with Crippen LogP contribution in [0.4, 0.5) is 0 Å². The molecule has 0 amide bonds.